The molecule has 11 heteroatoms. The van der Waals surface area contributed by atoms with Gasteiger partial charge in [0.2, 0.25) is 5.60 Å². The van der Waals surface area contributed by atoms with Crippen molar-refractivity contribution >= 4 is 29.9 Å². The van der Waals surface area contributed by atoms with Crippen molar-refractivity contribution < 1.29 is 23.0 Å². The second kappa shape index (κ2) is 12.1. The largest absolute Gasteiger partial charge is 0.492 e. The van der Waals surface area contributed by atoms with Gasteiger partial charge >= 0.3 is 6.18 Å². The Bertz CT molecular complexity index is 817. The van der Waals surface area contributed by atoms with Crippen LogP contribution in [0, 0.1) is 0 Å². The van der Waals surface area contributed by atoms with Gasteiger partial charge in [-0.1, -0.05) is 18.2 Å². The Labute approximate surface area is 197 Å². The van der Waals surface area contributed by atoms with Crippen molar-refractivity contribution in [3.05, 3.63) is 48.5 Å². The summed E-state index contributed by atoms with van der Waals surface area (Å²) in [7, 11) is 3.18. The molecule has 2 N–H and O–H groups in total. The second-order valence-electron chi connectivity index (χ2n) is 6.79. The fraction of sp³-hybridized carbons (Fsp3) is 0.500. The lowest BCUT2D eigenvalue weighted by molar-refractivity contribution is -0.272. The van der Waals surface area contributed by atoms with Crippen molar-refractivity contribution in [2.24, 2.45) is 12.0 Å². The summed E-state index contributed by atoms with van der Waals surface area (Å²) in [4.78, 5) is 9.71. The van der Waals surface area contributed by atoms with Crippen LogP contribution >= 0.6 is 24.0 Å². The topological polar surface area (TPSA) is 74.9 Å². The highest BCUT2D eigenvalue weighted by Crippen LogP contribution is 2.40. The van der Waals surface area contributed by atoms with Crippen LogP contribution in [0.3, 0.4) is 0 Å². The Morgan fingerprint density at radius 3 is 2.52 bits per heavy atom. The maximum Gasteiger partial charge on any atom is 0.424 e. The summed E-state index contributed by atoms with van der Waals surface area (Å²) in [5.41, 5.74) is -3.08. The van der Waals surface area contributed by atoms with E-state index in [9.17, 15) is 18.3 Å². The lowest BCUT2D eigenvalue weighted by atomic mass is 9.98. The van der Waals surface area contributed by atoms with E-state index in [0.717, 1.165) is 10.3 Å². The number of benzene rings is 1. The molecule has 1 aromatic heterocycles. The summed E-state index contributed by atoms with van der Waals surface area (Å²) in [6.45, 7) is 3.03. The predicted octanol–water partition coefficient (Wildman–Crippen LogP) is 3.15. The lowest BCUT2D eigenvalue weighted by Crippen LogP contribution is -2.45. The minimum absolute atomic E-state index is 0. The van der Waals surface area contributed by atoms with Gasteiger partial charge < -0.3 is 24.6 Å². The van der Waals surface area contributed by atoms with Gasteiger partial charge in [-0.3, -0.25) is 4.99 Å². The van der Waals surface area contributed by atoms with E-state index in [1.165, 1.54) is 19.4 Å². The maximum absolute atomic E-state index is 13.6. The molecule has 2 aromatic rings. The first-order valence-electron chi connectivity index (χ1n) is 9.63. The number of nitrogens with one attached hydrogen (secondary N) is 1. The molecule has 0 aliphatic rings. The van der Waals surface area contributed by atoms with Crippen molar-refractivity contribution in [1.82, 2.24) is 19.8 Å². The first kappa shape index (κ1) is 27.0. The van der Waals surface area contributed by atoms with Gasteiger partial charge in [-0.2, -0.15) is 13.2 Å². The summed E-state index contributed by atoms with van der Waals surface area (Å²) >= 11 is 0. The monoisotopic (exact) mass is 555 g/mol. The van der Waals surface area contributed by atoms with E-state index >= 15 is 0 Å². The highest BCUT2D eigenvalue weighted by atomic mass is 127. The molecule has 0 amide bonds. The molecule has 31 heavy (non-hydrogen) atoms. The third kappa shape index (κ3) is 7.27. The molecule has 0 spiro atoms. The lowest BCUT2D eigenvalue weighted by Gasteiger charge is -2.29. The van der Waals surface area contributed by atoms with Crippen molar-refractivity contribution in [2.45, 2.75) is 25.1 Å². The molecule has 1 aromatic carbocycles. The Morgan fingerprint density at radius 2 is 1.97 bits per heavy atom. The zero-order valence-corrected chi connectivity index (χ0v) is 20.1. The quantitative estimate of drug-likeness (QED) is 0.283. The van der Waals surface area contributed by atoms with E-state index in [4.69, 9.17) is 4.74 Å². The number of nitrogens with zero attached hydrogens (tertiary/aromatic N) is 4. The van der Waals surface area contributed by atoms with Gasteiger partial charge in [-0.05, 0) is 19.1 Å². The number of halogens is 4. The average Bonchev–Trinajstić information content (AvgIpc) is 3.13. The number of aliphatic imine (C=N–C) groups is 1. The van der Waals surface area contributed by atoms with E-state index in [-0.39, 0.29) is 30.5 Å². The number of hydrogen-bond donors (Lipinski definition) is 2. The zero-order valence-electron chi connectivity index (χ0n) is 17.8. The highest BCUT2D eigenvalue weighted by Gasteiger charge is 2.57. The molecule has 7 nitrogen and oxygen atoms in total. The third-order valence-corrected chi connectivity index (χ3v) is 4.53. The average molecular weight is 555 g/mol. The molecule has 0 saturated carbocycles. The maximum atomic E-state index is 13.6. The van der Waals surface area contributed by atoms with Crippen molar-refractivity contribution in [3.63, 3.8) is 0 Å². The smallest absolute Gasteiger partial charge is 0.424 e. The van der Waals surface area contributed by atoms with Gasteiger partial charge in [-0.25, -0.2) is 4.98 Å². The molecule has 2 rings (SSSR count). The Kier molecular flexibility index (Phi) is 10.6. The van der Waals surface area contributed by atoms with Crippen LogP contribution in [0.5, 0.6) is 5.75 Å². The van der Waals surface area contributed by atoms with Crippen LogP contribution in [0.15, 0.2) is 47.7 Å². The number of alkyl halides is 3. The standard InChI is InChI=1S/C20H28F3N5O2.HI/c1-4-24-18(28(3)14-15-30-16-8-6-5-7-9-16)26-11-10-19(29,20(21,22)23)17-25-12-13-27(17)2;/h5-9,12-13,29H,4,10-11,14-15H2,1-3H3,(H,24,26);1H. The molecule has 0 saturated heterocycles. The number of hydrogen-bond acceptors (Lipinski definition) is 4. The minimum atomic E-state index is -4.88. The fourth-order valence-corrected chi connectivity index (χ4v) is 2.86. The predicted molar refractivity (Wildman–Crippen MR) is 124 cm³/mol. The molecule has 1 unspecified atom stereocenters. The van der Waals surface area contributed by atoms with Crippen LogP contribution in [-0.4, -0.2) is 65.0 Å². The van der Waals surface area contributed by atoms with E-state index in [1.807, 2.05) is 37.3 Å². The molecule has 0 aliphatic heterocycles. The Balaban J connectivity index is 0.00000480. The normalized spacial score (nSPS) is 13.8. The number of rotatable bonds is 9. The van der Waals surface area contributed by atoms with Crippen LogP contribution in [-0.2, 0) is 12.6 Å². The van der Waals surface area contributed by atoms with E-state index in [2.05, 4.69) is 15.3 Å². The number of aromatic nitrogens is 2. The molecule has 1 heterocycles. The number of guanidine groups is 1. The number of aryl methyl sites for hydroxylation is 1. The van der Waals surface area contributed by atoms with Gasteiger partial charge in [0.05, 0.1) is 6.54 Å². The summed E-state index contributed by atoms with van der Waals surface area (Å²) in [6, 6.07) is 9.31. The molecule has 0 bridgehead atoms. The number of para-hydroxylation sites is 1. The summed E-state index contributed by atoms with van der Waals surface area (Å²) in [5.74, 6) is 0.705. The van der Waals surface area contributed by atoms with Crippen molar-refractivity contribution in [2.75, 3.05) is 33.3 Å². The number of ether oxygens (including phenoxy) is 1. The molecule has 0 fully saturated rings. The minimum Gasteiger partial charge on any atom is -0.492 e. The van der Waals surface area contributed by atoms with Crippen LogP contribution in [0.4, 0.5) is 13.2 Å². The molecule has 0 radical (unpaired) electrons. The molecule has 174 valence electrons. The first-order chi connectivity index (χ1) is 14.2. The second-order valence-corrected chi connectivity index (χ2v) is 6.79. The first-order valence-corrected chi connectivity index (χ1v) is 9.63. The Hall–Kier alpha value is -2.02. The van der Waals surface area contributed by atoms with Gasteiger partial charge in [0, 0.05) is 46.0 Å². The summed E-state index contributed by atoms with van der Waals surface area (Å²) < 4.78 is 47.6. The van der Waals surface area contributed by atoms with Crippen molar-refractivity contribution in [3.8, 4) is 5.75 Å². The highest BCUT2D eigenvalue weighted by molar-refractivity contribution is 14.0. The number of imidazole rings is 1. The van der Waals surface area contributed by atoms with Gasteiger partial charge in [-0.15, -0.1) is 24.0 Å². The van der Waals surface area contributed by atoms with Crippen LogP contribution in [0.1, 0.15) is 19.2 Å². The van der Waals surface area contributed by atoms with E-state index < -0.39 is 24.0 Å². The fourth-order valence-electron chi connectivity index (χ4n) is 2.86. The van der Waals surface area contributed by atoms with Gasteiger partial charge in [0.1, 0.15) is 18.2 Å². The van der Waals surface area contributed by atoms with Crippen LogP contribution in [0.25, 0.3) is 0 Å². The number of aliphatic hydroxyl groups is 1. The van der Waals surface area contributed by atoms with Gasteiger partial charge in [0.15, 0.2) is 5.96 Å². The van der Waals surface area contributed by atoms with Gasteiger partial charge in [0.25, 0.3) is 0 Å². The zero-order chi connectivity index (χ0) is 22.2. The molecular weight excluding hydrogens is 526 g/mol. The van der Waals surface area contributed by atoms with E-state index in [1.54, 1.807) is 11.9 Å². The van der Waals surface area contributed by atoms with Crippen LogP contribution in [0.2, 0.25) is 0 Å². The van der Waals surface area contributed by atoms with Crippen molar-refractivity contribution in [1.29, 1.82) is 0 Å². The SMILES string of the molecule is CCNC(=NCCC(O)(c1nccn1C)C(F)(F)F)N(C)CCOc1ccccc1.I. The number of likely N-dealkylation sites (N-methyl/N-ethyl adjacent to an activating group) is 1. The molecule has 0 aliphatic carbocycles. The summed E-state index contributed by atoms with van der Waals surface area (Å²) in [5, 5.41) is 13.4. The third-order valence-electron chi connectivity index (χ3n) is 4.53. The Morgan fingerprint density at radius 1 is 1.29 bits per heavy atom. The molecule has 1 atom stereocenters. The van der Waals surface area contributed by atoms with Crippen LogP contribution < -0.4 is 10.1 Å². The molecular formula is C20H29F3IN5O2. The summed E-state index contributed by atoms with van der Waals surface area (Å²) in [6.07, 6.45) is -2.94. The van der Waals surface area contributed by atoms with E-state index in [0.29, 0.717) is 25.7 Å².